The largest absolute Gasteiger partial charge is 0.493 e. The first kappa shape index (κ1) is 20.0. The Morgan fingerprint density at radius 2 is 1.93 bits per heavy atom. The minimum Gasteiger partial charge on any atom is -0.493 e. The Morgan fingerprint density at radius 1 is 1.13 bits per heavy atom. The van der Waals surface area contributed by atoms with Crippen molar-refractivity contribution >= 4 is 11.6 Å². The van der Waals surface area contributed by atoms with Crippen LogP contribution in [0.3, 0.4) is 0 Å². The smallest absolute Gasteiger partial charge is 0.193 e. The molecule has 1 aliphatic rings. The average molecular weight is 409 g/mol. The summed E-state index contributed by atoms with van der Waals surface area (Å²) in [6.45, 7) is 2.53. The second-order valence-electron chi connectivity index (χ2n) is 7.27. The number of aliphatic imine (C=N–C) groups is 1. The SMILES string of the molecule is CN=C(NCCCc1nnc2ccccn12)N1CCc2cc(OC)c(OC)cc2C1. The molecule has 4 rings (SSSR count). The highest BCUT2D eigenvalue weighted by Crippen LogP contribution is 2.33. The van der Waals surface area contributed by atoms with Crippen LogP contribution in [0.4, 0.5) is 0 Å². The maximum atomic E-state index is 5.47. The van der Waals surface area contributed by atoms with Gasteiger partial charge in [-0.3, -0.25) is 9.39 Å². The number of methoxy groups -OCH3 is 2. The number of ether oxygens (including phenoxy) is 2. The van der Waals surface area contributed by atoms with E-state index in [0.29, 0.717) is 0 Å². The van der Waals surface area contributed by atoms with Gasteiger partial charge >= 0.3 is 0 Å². The Hall–Kier alpha value is -3.29. The molecule has 30 heavy (non-hydrogen) atoms. The van der Waals surface area contributed by atoms with Gasteiger partial charge in [0.2, 0.25) is 0 Å². The van der Waals surface area contributed by atoms with Crippen LogP contribution < -0.4 is 14.8 Å². The van der Waals surface area contributed by atoms with Crippen molar-refractivity contribution in [2.45, 2.75) is 25.8 Å². The molecule has 8 heteroatoms. The molecule has 158 valence electrons. The number of aromatic nitrogens is 3. The van der Waals surface area contributed by atoms with E-state index in [1.165, 1.54) is 11.1 Å². The van der Waals surface area contributed by atoms with Crippen molar-refractivity contribution in [2.24, 2.45) is 4.99 Å². The van der Waals surface area contributed by atoms with Crippen LogP contribution >= 0.6 is 0 Å². The molecule has 3 aromatic rings. The third kappa shape index (κ3) is 4.03. The lowest BCUT2D eigenvalue weighted by molar-refractivity contribution is 0.346. The normalized spacial score (nSPS) is 14.0. The highest BCUT2D eigenvalue weighted by molar-refractivity contribution is 5.80. The van der Waals surface area contributed by atoms with Crippen LogP contribution in [0.5, 0.6) is 11.5 Å². The van der Waals surface area contributed by atoms with Gasteiger partial charge < -0.3 is 19.7 Å². The Bertz CT molecular complexity index is 1050. The van der Waals surface area contributed by atoms with Gasteiger partial charge in [0.25, 0.3) is 0 Å². The molecule has 1 aliphatic heterocycles. The molecule has 0 radical (unpaired) electrons. The minimum atomic E-state index is 0.765. The Kier molecular flexibility index (Phi) is 6.02. The van der Waals surface area contributed by atoms with Crippen molar-refractivity contribution in [1.82, 2.24) is 24.8 Å². The molecule has 0 spiro atoms. The van der Waals surface area contributed by atoms with Crippen LogP contribution in [0.2, 0.25) is 0 Å². The maximum absolute atomic E-state index is 5.47. The van der Waals surface area contributed by atoms with Gasteiger partial charge in [0.15, 0.2) is 23.1 Å². The number of fused-ring (bicyclic) bond motifs is 2. The number of nitrogens with one attached hydrogen (secondary N) is 1. The number of guanidine groups is 1. The van der Waals surface area contributed by atoms with Crippen LogP contribution in [0.25, 0.3) is 5.65 Å². The van der Waals surface area contributed by atoms with Crippen molar-refractivity contribution in [2.75, 3.05) is 34.4 Å². The molecule has 0 saturated heterocycles. The van der Waals surface area contributed by atoms with Gasteiger partial charge in [0, 0.05) is 39.3 Å². The number of pyridine rings is 1. The zero-order chi connectivity index (χ0) is 20.9. The van der Waals surface area contributed by atoms with Crippen molar-refractivity contribution in [1.29, 1.82) is 0 Å². The topological polar surface area (TPSA) is 76.3 Å². The Balaban J connectivity index is 1.35. The third-order valence-electron chi connectivity index (χ3n) is 5.47. The number of aryl methyl sites for hydroxylation is 1. The molecule has 2 aromatic heterocycles. The lowest BCUT2D eigenvalue weighted by Gasteiger charge is -2.32. The summed E-state index contributed by atoms with van der Waals surface area (Å²) in [6, 6.07) is 10.1. The van der Waals surface area contributed by atoms with Crippen molar-refractivity contribution in [3.8, 4) is 11.5 Å². The van der Waals surface area contributed by atoms with E-state index in [-0.39, 0.29) is 0 Å². The summed E-state index contributed by atoms with van der Waals surface area (Å²) in [5.74, 6) is 3.45. The summed E-state index contributed by atoms with van der Waals surface area (Å²) in [5, 5.41) is 12.0. The van der Waals surface area contributed by atoms with Crippen LogP contribution in [0.1, 0.15) is 23.4 Å². The Labute approximate surface area is 176 Å². The predicted octanol–water partition coefficient (Wildman–Crippen LogP) is 2.31. The van der Waals surface area contributed by atoms with E-state index >= 15 is 0 Å². The molecule has 0 saturated carbocycles. The summed E-state index contributed by atoms with van der Waals surface area (Å²) in [6.07, 6.45) is 4.76. The van der Waals surface area contributed by atoms with Gasteiger partial charge in [-0.05, 0) is 48.2 Å². The third-order valence-corrected chi connectivity index (χ3v) is 5.47. The van der Waals surface area contributed by atoms with E-state index in [9.17, 15) is 0 Å². The van der Waals surface area contributed by atoms with E-state index in [4.69, 9.17) is 9.47 Å². The van der Waals surface area contributed by atoms with Gasteiger partial charge in [0.05, 0.1) is 14.2 Å². The minimum absolute atomic E-state index is 0.765. The first-order valence-electron chi connectivity index (χ1n) is 10.2. The van der Waals surface area contributed by atoms with Gasteiger partial charge in [-0.1, -0.05) is 6.07 Å². The highest BCUT2D eigenvalue weighted by Gasteiger charge is 2.21. The van der Waals surface area contributed by atoms with Gasteiger partial charge in [0.1, 0.15) is 5.82 Å². The number of hydrogen-bond donors (Lipinski definition) is 1. The lowest BCUT2D eigenvalue weighted by Crippen LogP contribution is -2.44. The predicted molar refractivity (Wildman–Crippen MR) is 116 cm³/mol. The molecule has 0 unspecified atom stereocenters. The Morgan fingerprint density at radius 3 is 2.70 bits per heavy atom. The monoisotopic (exact) mass is 408 g/mol. The number of nitrogens with zero attached hydrogens (tertiary/aromatic N) is 5. The van der Waals surface area contributed by atoms with E-state index < -0.39 is 0 Å². The van der Waals surface area contributed by atoms with Crippen LogP contribution in [0.15, 0.2) is 41.5 Å². The van der Waals surface area contributed by atoms with E-state index in [1.54, 1.807) is 14.2 Å². The molecule has 0 bridgehead atoms. The maximum Gasteiger partial charge on any atom is 0.193 e. The molecule has 0 atom stereocenters. The van der Waals surface area contributed by atoms with Gasteiger partial charge in [-0.25, -0.2) is 0 Å². The molecule has 8 nitrogen and oxygen atoms in total. The zero-order valence-corrected chi connectivity index (χ0v) is 17.8. The summed E-state index contributed by atoms with van der Waals surface area (Å²) in [4.78, 5) is 6.77. The molecule has 0 aliphatic carbocycles. The highest BCUT2D eigenvalue weighted by atomic mass is 16.5. The average Bonchev–Trinajstić information content (AvgIpc) is 3.21. The molecule has 1 N–H and O–H groups in total. The van der Waals surface area contributed by atoms with Gasteiger partial charge in [-0.2, -0.15) is 0 Å². The van der Waals surface area contributed by atoms with Crippen LogP contribution in [-0.4, -0.2) is 59.8 Å². The lowest BCUT2D eigenvalue weighted by atomic mass is 9.99. The van der Waals surface area contributed by atoms with E-state index in [0.717, 1.165) is 67.8 Å². The second kappa shape index (κ2) is 9.02. The zero-order valence-electron chi connectivity index (χ0n) is 17.8. The van der Waals surface area contributed by atoms with Crippen LogP contribution in [0, 0.1) is 0 Å². The fourth-order valence-corrected chi connectivity index (χ4v) is 3.90. The first-order valence-corrected chi connectivity index (χ1v) is 10.2. The van der Waals surface area contributed by atoms with E-state index in [2.05, 4.69) is 37.5 Å². The molecule has 3 heterocycles. The molecular formula is C22H28N6O2. The van der Waals surface area contributed by atoms with Crippen LogP contribution in [-0.2, 0) is 19.4 Å². The van der Waals surface area contributed by atoms with Crippen molar-refractivity contribution < 1.29 is 9.47 Å². The van der Waals surface area contributed by atoms with Crippen molar-refractivity contribution in [3.05, 3.63) is 53.5 Å². The fourth-order valence-electron chi connectivity index (χ4n) is 3.90. The molecule has 0 fully saturated rings. The summed E-state index contributed by atoms with van der Waals surface area (Å²) in [5.41, 5.74) is 3.44. The number of benzene rings is 1. The molecule has 1 aromatic carbocycles. The fraction of sp³-hybridized carbons (Fsp3) is 0.409. The standard InChI is InChI=1S/C22H28N6O2/c1-23-22(24-10-6-8-21-26-25-20-7-4-5-11-28(20)21)27-12-9-16-13-18(29-2)19(30-3)14-17(16)15-27/h4-5,7,11,13-14H,6,8-10,12,15H2,1-3H3,(H,23,24). The van der Waals surface area contributed by atoms with E-state index in [1.807, 2.05) is 35.8 Å². The quantitative estimate of drug-likeness (QED) is 0.383. The first-order chi connectivity index (χ1) is 14.7. The molecular weight excluding hydrogens is 380 g/mol. The number of hydrogen-bond acceptors (Lipinski definition) is 5. The summed E-state index contributed by atoms with van der Waals surface area (Å²) < 4.78 is 12.9. The summed E-state index contributed by atoms with van der Waals surface area (Å²) in [7, 11) is 5.18. The number of rotatable bonds is 6. The molecule has 0 amide bonds. The summed E-state index contributed by atoms with van der Waals surface area (Å²) >= 11 is 0. The van der Waals surface area contributed by atoms with Gasteiger partial charge in [-0.15, -0.1) is 10.2 Å². The second-order valence-corrected chi connectivity index (χ2v) is 7.27. The van der Waals surface area contributed by atoms with Crippen molar-refractivity contribution in [3.63, 3.8) is 0 Å².